The van der Waals surface area contributed by atoms with Gasteiger partial charge in [-0.25, -0.2) is 9.48 Å². The van der Waals surface area contributed by atoms with E-state index in [1.165, 1.54) is 18.9 Å². The second-order valence-corrected chi connectivity index (χ2v) is 4.00. The summed E-state index contributed by atoms with van der Waals surface area (Å²) in [6.07, 6.45) is 0. The lowest BCUT2D eigenvalue weighted by Gasteiger charge is -2.11. The molecule has 0 saturated heterocycles. The van der Waals surface area contributed by atoms with Gasteiger partial charge in [0.15, 0.2) is 0 Å². The first-order chi connectivity index (χ1) is 7.33. The van der Waals surface area contributed by atoms with Crippen LogP contribution in [0.5, 0.6) is 0 Å². The second-order valence-electron chi connectivity index (χ2n) is 2.92. The van der Waals surface area contributed by atoms with Crippen molar-refractivity contribution in [2.45, 2.75) is 11.6 Å². The molecule has 0 radical (unpaired) electrons. The topological polar surface area (TPSA) is 66.2 Å². The van der Waals surface area contributed by atoms with Crippen molar-refractivity contribution in [2.75, 3.05) is 26.1 Å². The molecule has 0 saturated carbocycles. The number of carbonyl (C=O) groups is 1. The van der Waals surface area contributed by atoms with Crippen LogP contribution < -0.4 is 0 Å². The van der Waals surface area contributed by atoms with Crippen LogP contribution in [0.3, 0.4) is 0 Å². The molecular formula is C8H11N3O3S. The third kappa shape index (κ3) is 2.13. The van der Waals surface area contributed by atoms with E-state index < -0.39 is 5.97 Å². The van der Waals surface area contributed by atoms with Gasteiger partial charge in [0, 0.05) is 5.75 Å². The highest BCUT2D eigenvalue weighted by Gasteiger charge is 2.21. The van der Waals surface area contributed by atoms with Gasteiger partial charge in [-0.15, -0.1) is 16.9 Å². The summed E-state index contributed by atoms with van der Waals surface area (Å²) in [5.41, 5.74) is 0.296. The molecule has 0 atom stereocenters. The summed E-state index contributed by atoms with van der Waals surface area (Å²) >= 11 is 1.51. The first-order valence-electron chi connectivity index (χ1n) is 4.55. The van der Waals surface area contributed by atoms with E-state index >= 15 is 0 Å². The van der Waals surface area contributed by atoms with Gasteiger partial charge in [-0.3, -0.25) is 0 Å². The van der Waals surface area contributed by atoms with Crippen molar-refractivity contribution in [1.29, 1.82) is 0 Å². The van der Waals surface area contributed by atoms with Gasteiger partial charge >= 0.3 is 5.97 Å². The van der Waals surface area contributed by atoms with Crippen molar-refractivity contribution >= 4 is 17.7 Å². The van der Waals surface area contributed by atoms with E-state index in [9.17, 15) is 4.79 Å². The van der Waals surface area contributed by atoms with Crippen molar-refractivity contribution in [1.82, 2.24) is 15.0 Å². The molecule has 0 aliphatic carbocycles. The molecule has 82 valence electrons. The molecule has 0 N–H and O–H groups in total. The number of nitrogens with zero attached hydrogens (tertiary/aromatic N) is 3. The number of hydrogen-bond acceptors (Lipinski definition) is 6. The third-order valence-corrected chi connectivity index (χ3v) is 3.03. The van der Waals surface area contributed by atoms with Crippen LogP contribution in [0.25, 0.3) is 0 Å². The van der Waals surface area contributed by atoms with Crippen molar-refractivity contribution in [3.05, 3.63) is 5.69 Å². The SMILES string of the molecule is COC(=O)c1nnn2c1SCCOCC2. The highest BCUT2D eigenvalue weighted by Crippen LogP contribution is 2.22. The van der Waals surface area contributed by atoms with Gasteiger partial charge in [0.2, 0.25) is 5.69 Å². The number of methoxy groups -OCH3 is 1. The van der Waals surface area contributed by atoms with Crippen LogP contribution in [0, 0.1) is 0 Å². The summed E-state index contributed by atoms with van der Waals surface area (Å²) in [5, 5.41) is 8.48. The van der Waals surface area contributed by atoms with E-state index in [1.807, 2.05) is 0 Å². The number of hydrogen-bond donors (Lipinski definition) is 0. The fourth-order valence-corrected chi connectivity index (χ4v) is 2.20. The molecule has 1 aromatic rings. The van der Waals surface area contributed by atoms with Gasteiger partial charge in [0.25, 0.3) is 0 Å². The maximum Gasteiger partial charge on any atom is 0.361 e. The number of fused-ring (bicyclic) bond motifs is 1. The largest absolute Gasteiger partial charge is 0.464 e. The third-order valence-electron chi connectivity index (χ3n) is 1.98. The molecule has 1 aromatic heterocycles. The molecule has 0 aromatic carbocycles. The summed E-state index contributed by atoms with van der Waals surface area (Å²) in [6, 6.07) is 0. The van der Waals surface area contributed by atoms with Crippen LogP contribution in [0.4, 0.5) is 0 Å². The predicted octanol–water partition coefficient (Wildman–Crippen LogP) is 0.187. The van der Waals surface area contributed by atoms with Crippen LogP contribution in [-0.4, -0.2) is 47.0 Å². The zero-order valence-electron chi connectivity index (χ0n) is 8.30. The van der Waals surface area contributed by atoms with Crippen LogP contribution in [-0.2, 0) is 16.0 Å². The first-order valence-corrected chi connectivity index (χ1v) is 5.54. The fourth-order valence-electron chi connectivity index (χ4n) is 1.27. The summed E-state index contributed by atoms with van der Waals surface area (Å²) in [5.74, 6) is 0.349. The lowest BCUT2D eigenvalue weighted by molar-refractivity contribution is 0.0589. The minimum absolute atomic E-state index is 0.296. The fraction of sp³-hybridized carbons (Fsp3) is 0.625. The van der Waals surface area contributed by atoms with E-state index in [2.05, 4.69) is 15.0 Å². The monoisotopic (exact) mass is 229 g/mol. The molecule has 0 amide bonds. The smallest absolute Gasteiger partial charge is 0.361 e. The Morgan fingerprint density at radius 3 is 3.27 bits per heavy atom. The Morgan fingerprint density at radius 2 is 2.47 bits per heavy atom. The quantitative estimate of drug-likeness (QED) is 0.640. The van der Waals surface area contributed by atoms with Crippen molar-refractivity contribution in [3.8, 4) is 0 Å². The molecule has 2 rings (SSSR count). The molecule has 1 aliphatic heterocycles. The van der Waals surface area contributed by atoms with Crippen LogP contribution in [0.15, 0.2) is 5.03 Å². The average molecular weight is 229 g/mol. The summed E-state index contributed by atoms with van der Waals surface area (Å²) < 4.78 is 11.6. The van der Waals surface area contributed by atoms with E-state index in [4.69, 9.17) is 4.74 Å². The number of carbonyl (C=O) groups excluding carboxylic acids is 1. The van der Waals surface area contributed by atoms with Crippen LogP contribution >= 0.6 is 11.8 Å². The number of rotatable bonds is 1. The van der Waals surface area contributed by atoms with Gasteiger partial charge in [-0.1, -0.05) is 5.21 Å². The van der Waals surface area contributed by atoms with Crippen molar-refractivity contribution in [2.24, 2.45) is 0 Å². The highest BCUT2D eigenvalue weighted by atomic mass is 32.2. The summed E-state index contributed by atoms with van der Waals surface area (Å²) in [7, 11) is 1.34. The van der Waals surface area contributed by atoms with E-state index in [-0.39, 0.29) is 0 Å². The molecule has 0 bridgehead atoms. The normalized spacial score (nSPS) is 16.3. The molecule has 7 heteroatoms. The molecule has 0 unspecified atom stereocenters. The zero-order chi connectivity index (χ0) is 10.7. The highest BCUT2D eigenvalue weighted by molar-refractivity contribution is 7.99. The molecule has 15 heavy (non-hydrogen) atoms. The Balaban J connectivity index is 2.29. The van der Waals surface area contributed by atoms with Gasteiger partial charge in [0.05, 0.1) is 26.9 Å². The number of aromatic nitrogens is 3. The summed E-state index contributed by atoms with van der Waals surface area (Å²) in [6.45, 7) is 1.89. The lowest BCUT2D eigenvalue weighted by Crippen LogP contribution is -2.14. The number of esters is 1. The van der Waals surface area contributed by atoms with Gasteiger partial charge in [0.1, 0.15) is 5.03 Å². The minimum atomic E-state index is -0.440. The Kier molecular flexibility index (Phi) is 3.22. The van der Waals surface area contributed by atoms with Crippen LogP contribution in [0.2, 0.25) is 0 Å². The molecular weight excluding hydrogens is 218 g/mol. The van der Waals surface area contributed by atoms with Gasteiger partial charge in [-0.2, -0.15) is 0 Å². The van der Waals surface area contributed by atoms with Gasteiger partial charge < -0.3 is 9.47 Å². The van der Waals surface area contributed by atoms with Crippen molar-refractivity contribution in [3.63, 3.8) is 0 Å². The average Bonchev–Trinajstić information content (AvgIpc) is 2.59. The van der Waals surface area contributed by atoms with Crippen molar-refractivity contribution < 1.29 is 14.3 Å². The second kappa shape index (κ2) is 4.63. The Morgan fingerprint density at radius 1 is 1.60 bits per heavy atom. The number of thioether (sulfide) groups is 1. The van der Waals surface area contributed by atoms with E-state index in [0.29, 0.717) is 25.5 Å². The Labute approximate surface area is 90.9 Å². The minimum Gasteiger partial charge on any atom is -0.464 e. The zero-order valence-corrected chi connectivity index (χ0v) is 9.12. The first kappa shape index (κ1) is 10.4. The Hall–Kier alpha value is -1.08. The molecule has 0 spiro atoms. The maximum atomic E-state index is 11.4. The standard InChI is InChI=1S/C8H11N3O3S/c1-13-8(12)6-7-11(10-9-6)2-3-14-4-5-15-7/h2-5H2,1H3. The maximum absolute atomic E-state index is 11.4. The molecule has 0 fully saturated rings. The lowest BCUT2D eigenvalue weighted by atomic mass is 10.5. The van der Waals surface area contributed by atoms with Crippen LogP contribution in [0.1, 0.15) is 10.5 Å². The Bertz CT molecular complexity index is 366. The molecule has 1 aliphatic rings. The van der Waals surface area contributed by atoms with E-state index in [1.54, 1.807) is 4.68 Å². The van der Waals surface area contributed by atoms with E-state index in [0.717, 1.165) is 10.8 Å². The summed E-state index contributed by atoms with van der Waals surface area (Å²) in [4.78, 5) is 11.4. The predicted molar refractivity (Wildman–Crippen MR) is 52.9 cm³/mol. The molecule has 6 nitrogen and oxygen atoms in total. The molecule has 2 heterocycles. The number of ether oxygens (including phenoxy) is 2. The van der Waals surface area contributed by atoms with Gasteiger partial charge in [-0.05, 0) is 0 Å².